The molecule has 0 aliphatic rings. The molecule has 0 bridgehead atoms. The summed E-state index contributed by atoms with van der Waals surface area (Å²) >= 11 is 10.4. The second kappa shape index (κ2) is 5.23. The first-order valence-corrected chi connectivity index (χ1v) is 4.90. The van der Waals surface area contributed by atoms with E-state index in [0.717, 1.165) is 0 Å². The Hall–Kier alpha value is 0.440. The molecule has 0 aliphatic heterocycles. The number of hydrogen-bond donors (Lipinski definition) is 0. The third-order valence-corrected chi connectivity index (χ3v) is 2.52. The molecule has 74 valence electrons. The normalized spacial score (nSPS) is 15.2. The van der Waals surface area contributed by atoms with Gasteiger partial charge in [-0.1, -0.05) is 13.8 Å². The molecule has 0 aliphatic carbocycles. The van der Waals surface area contributed by atoms with Crippen molar-refractivity contribution in [1.82, 2.24) is 0 Å². The topological polar surface area (TPSA) is 0 Å². The van der Waals surface area contributed by atoms with Gasteiger partial charge in [0.05, 0.1) is 0 Å². The van der Waals surface area contributed by atoms with Crippen LogP contribution in [0, 0.1) is 11.8 Å². The van der Waals surface area contributed by atoms with Crippen molar-refractivity contribution in [1.29, 1.82) is 0 Å². The minimum atomic E-state index is -3.07. The van der Waals surface area contributed by atoms with Crippen molar-refractivity contribution in [3.05, 3.63) is 0 Å². The minimum Gasteiger partial charge on any atom is -0.188 e. The van der Waals surface area contributed by atoms with Gasteiger partial charge in [-0.15, -0.1) is 11.6 Å². The highest BCUT2D eigenvalue weighted by Gasteiger charge is 2.26. The van der Waals surface area contributed by atoms with Gasteiger partial charge in [0.1, 0.15) is 0 Å². The lowest BCUT2D eigenvalue weighted by molar-refractivity contribution is 0.0762. The van der Waals surface area contributed by atoms with Gasteiger partial charge in [0.15, 0.2) is 0 Å². The van der Waals surface area contributed by atoms with Gasteiger partial charge in [0.25, 0.3) is 0 Å². The third kappa shape index (κ3) is 6.01. The van der Waals surface area contributed by atoms with Crippen molar-refractivity contribution < 1.29 is 8.78 Å². The lowest BCUT2D eigenvalue weighted by Crippen LogP contribution is -2.15. The average Bonchev–Trinajstić information content (AvgIpc) is 1.85. The molecule has 0 radical (unpaired) electrons. The molecule has 0 heterocycles. The molecule has 0 nitrogen and oxygen atoms in total. The Kier molecular flexibility index (Phi) is 5.42. The van der Waals surface area contributed by atoms with Crippen LogP contribution in [0.3, 0.4) is 0 Å². The van der Waals surface area contributed by atoms with Crippen LogP contribution >= 0.6 is 23.2 Å². The molecule has 0 spiro atoms. The summed E-state index contributed by atoms with van der Waals surface area (Å²) in [5, 5.41) is -3.07. The summed E-state index contributed by atoms with van der Waals surface area (Å²) in [5.41, 5.74) is 0. The standard InChI is InChI=1S/C8H14Cl2F2/c1-6(2)7(5-9)3-4-8(10,11)12/h6-7H,3-5H2,1-2H3. The maximum absolute atomic E-state index is 12.2. The molecule has 12 heavy (non-hydrogen) atoms. The predicted octanol–water partition coefficient (Wildman–Crippen LogP) is 4.11. The minimum absolute atomic E-state index is 0.135. The Labute approximate surface area is 82.2 Å². The molecule has 0 amide bonds. The summed E-state index contributed by atoms with van der Waals surface area (Å²) in [6.07, 6.45) is 0.0990. The molecule has 0 rings (SSSR count). The van der Waals surface area contributed by atoms with Crippen LogP contribution in [0.1, 0.15) is 26.7 Å². The summed E-state index contributed by atoms with van der Waals surface area (Å²) < 4.78 is 24.4. The maximum atomic E-state index is 12.2. The Morgan fingerprint density at radius 3 is 2.08 bits per heavy atom. The summed E-state index contributed by atoms with van der Waals surface area (Å²) in [4.78, 5) is 0. The molecule has 0 N–H and O–H groups in total. The van der Waals surface area contributed by atoms with E-state index < -0.39 is 5.38 Å². The van der Waals surface area contributed by atoms with Crippen LogP contribution in [-0.2, 0) is 0 Å². The number of rotatable bonds is 5. The molecule has 0 fully saturated rings. The van der Waals surface area contributed by atoms with E-state index in [4.69, 9.17) is 23.2 Å². The van der Waals surface area contributed by atoms with E-state index >= 15 is 0 Å². The molecule has 0 aromatic heterocycles. The van der Waals surface area contributed by atoms with Crippen molar-refractivity contribution in [2.24, 2.45) is 11.8 Å². The quantitative estimate of drug-likeness (QED) is 0.610. The largest absolute Gasteiger partial charge is 0.321 e. The zero-order chi connectivity index (χ0) is 9.78. The molecule has 0 saturated heterocycles. The van der Waals surface area contributed by atoms with E-state index in [2.05, 4.69) is 0 Å². The van der Waals surface area contributed by atoms with Crippen LogP contribution in [0.25, 0.3) is 0 Å². The zero-order valence-electron chi connectivity index (χ0n) is 7.29. The van der Waals surface area contributed by atoms with Crippen molar-refractivity contribution in [3.8, 4) is 0 Å². The Morgan fingerprint density at radius 1 is 1.33 bits per heavy atom. The zero-order valence-corrected chi connectivity index (χ0v) is 8.80. The van der Waals surface area contributed by atoms with Gasteiger partial charge >= 0.3 is 5.38 Å². The predicted molar refractivity (Wildman–Crippen MR) is 49.1 cm³/mol. The van der Waals surface area contributed by atoms with Gasteiger partial charge in [-0.05, 0) is 29.9 Å². The van der Waals surface area contributed by atoms with Crippen LogP contribution in [0.15, 0.2) is 0 Å². The van der Waals surface area contributed by atoms with E-state index in [1.807, 2.05) is 13.8 Å². The fraction of sp³-hybridized carbons (Fsp3) is 1.00. The first kappa shape index (κ1) is 12.4. The van der Waals surface area contributed by atoms with Crippen molar-refractivity contribution in [3.63, 3.8) is 0 Å². The van der Waals surface area contributed by atoms with Gasteiger partial charge in [-0.25, -0.2) is 0 Å². The van der Waals surface area contributed by atoms with Crippen LogP contribution in [-0.4, -0.2) is 11.3 Å². The van der Waals surface area contributed by atoms with Gasteiger partial charge in [0, 0.05) is 12.3 Å². The number of alkyl halides is 4. The number of halogens is 4. The van der Waals surface area contributed by atoms with Crippen LogP contribution < -0.4 is 0 Å². The van der Waals surface area contributed by atoms with Gasteiger partial charge in [-0.2, -0.15) is 8.78 Å². The SMILES string of the molecule is CC(C)C(CCl)CCC(F)(F)Cl. The monoisotopic (exact) mass is 218 g/mol. The first-order valence-electron chi connectivity index (χ1n) is 3.99. The van der Waals surface area contributed by atoms with E-state index in [1.165, 1.54) is 0 Å². The second-order valence-corrected chi connectivity index (χ2v) is 4.17. The van der Waals surface area contributed by atoms with E-state index in [1.54, 1.807) is 0 Å². The molecule has 0 aromatic carbocycles. The Bertz CT molecular complexity index is 121. The molecule has 4 heteroatoms. The van der Waals surface area contributed by atoms with Gasteiger partial charge in [-0.3, -0.25) is 0 Å². The molecule has 1 unspecified atom stereocenters. The van der Waals surface area contributed by atoms with E-state index in [0.29, 0.717) is 18.2 Å². The summed E-state index contributed by atoms with van der Waals surface area (Å²) in [5.74, 6) is 0.891. The highest BCUT2D eigenvalue weighted by atomic mass is 35.5. The molecular formula is C8H14Cl2F2. The van der Waals surface area contributed by atoms with Crippen LogP contribution in [0.2, 0.25) is 0 Å². The first-order chi connectivity index (χ1) is 5.37. The highest BCUT2D eigenvalue weighted by molar-refractivity contribution is 6.21. The van der Waals surface area contributed by atoms with E-state index in [9.17, 15) is 8.78 Å². The average molecular weight is 219 g/mol. The highest BCUT2D eigenvalue weighted by Crippen LogP contribution is 2.29. The summed E-state index contributed by atoms with van der Waals surface area (Å²) in [7, 11) is 0. The van der Waals surface area contributed by atoms with E-state index in [-0.39, 0.29) is 12.3 Å². The van der Waals surface area contributed by atoms with Crippen molar-refractivity contribution in [2.45, 2.75) is 32.1 Å². The molecular weight excluding hydrogens is 205 g/mol. The lowest BCUT2D eigenvalue weighted by Gasteiger charge is -2.18. The second-order valence-electron chi connectivity index (χ2n) is 3.31. The molecule has 0 aromatic rings. The third-order valence-electron chi connectivity index (χ3n) is 1.94. The van der Waals surface area contributed by atoms with Crippen molar-refractivity contribution >= 4 is 23.2 Å². The van der Waals surface area contributed by atoms with Gasteiger partial charge in [0.2, 0.25) is 0 Å². The molecule has 0 saturated carbocycles. The summed E-state index contributed by atoms with van der Waals surface area (Å²) in [6.45, 7) is 3.94. The molecule has 1 atom stereocenters. The Morgan fingerprint density at radius 2 is 1.83 bits per heavy atom. The van der Waals surface area contributed by atoms with Crippen LogP contribution in [0.4, 0.5) is 8.78 Å². The lowest BCUT2D eigenvalue weighted by atomic mass is 9.93. The van der Waals surface area contributed by atoms with Crippen molar-refractivity contribution in [2.75, 3.05) is 5.88 Å². The van der Waals surface area contributed by atoms with Crippen LogP contribution in [0.5, 0.6) is 0 Å². The number of hydrogen-bond acceptors (Lipinski definition) is 0. The fourth-order valence-electron chi connectivity index (χ4n) is 0.938. The summed E-state index contributed by atoms with van der Waals surface area (Å²) in [6, 6.07) is 0. The maximum Gasteiger partial charge on any atom is 0.321 e. The van der Waals surface area contributed by atoms with Gasteiger partial charge < -0.3 is 0 Å². The Balaban J connectivity index is 3.73. The fourth-order valence-corrected chi connectivity index (χ4v) is 1.56. The smallest absolute Gasteiger partial charge is 0.188 e.